The molecule has 0 spiro atoms. The third-order valence-corrected chi connectivity index (χ3v) is 2.99. The predicted molar refractivity (Wildman–Crippen MR) is 78.1 cm³/mol. The molecule has 1 atom stereocenters. The Bertz CT molecular complexity index is 622. The largest absolute Gasteiger partial charge is 0.464 e. The van der Waals surface area contributed by atoms with Crippen LogP contribution in [-0.4, -0.2) is 12.0 Å². The van der Waals surface area contributed by atoms with E-state index in [0.29, 0.717) is 11.4 Å². The summed E-state index contributed by atoms with van der Waals surface area (Å²) in [5.74, 6) is 1.63. The van der Waals surface area contributed by atoms with Gasteiger partial charge in [-0.3, -0.25) is 10.1 Å². The SMILES string of the molecule is CNc1cc(NC(C)c2ccc(C)o2)cc([N+](=O)[O-])c1. The molecule has 0 amide bonds. The molecule has 1 heterocycles. The van der Waals surface area contributed by atoms with Crippen LogP contribution in [0, 0.1) is 17.0 Å². The van der Waals surface area contributed by atoms with Gasteiger partial charge in [0.1, 0.15) is 11.5 Å². The van der Waals surface area contributed by atoms with Crippen LogP contribution < -0.4 is 10.6 Å². The Hall–Kier alpha value is -2.50. The average Bonchev–Trinajstić information content (AvgIpc) is 2.85. The second kappa shape index (κ2) is 5.64. The number of nitrogens with one attached hydrogen (secondary N) is 2. The minimum Gasteiger partial charge on any atom is -0.464 e. The number of hydrogen-bond acceptors (Lipinski definition) is 5. The van der Waals surface area contributed by atoms with Crippen LogP contribution in [0.4, 0.5) is 17.1 Å². The van der Waals surface area contributed by atoms with E-state index < -0.39 is 4.92 Å². The standard InChI is InChI=1S/C14H17N3O3/c1-9-4-5-14(20-9)10(2)16-12-6-11(15-3)7-13(8-12)17(18)19/h4-8,10,15-16H,1-3H3. The van der Waals surface area contributed by atoms with Crippen molar-refractivity contribution >= 4 is 17.1 Å². The van der Waals surface area contributed by atoms with E-state index in [4.69, 9.17) is 4.42 Å². The first-order valence-electron chi connectivity index (χ1n) is 6.29. The molecule has 0 fully saturated rings. The van der Waals surface area contributed by atoms with Crippen LogP contribution in [0.3, 0.4) is 0 Å². The molecule has 20 heavy (non-hydrogen) atoms. The zero-order chi connectivity index (χ0) is 14.7. The van der Waals surface area contributed by atoms with Crippen LogP contribution in [-0.2, 0) is 0 Å². The summed E-state index contributed by atoms with van der Waals surface area (Å²) in [4.78, 5) is 10.5. The minimum atomic E-state index is -0.409. The van der Waals surface area contributed by atoms with Crippen molar-refractivity contribution in [3.8, 4) is 0 Å². The van der Waals surface area contributed by atoms with Crippen molar-refractivity contribution in [3.05, 3.63) is 52.0 Å². The van der Waals surface area contributed by atoms with Gasteiger partial charge in [0.15, 0.2) is 0 Å². The molecule has 6 nitrogen and oxygen atoms in total. The molecular weight excluding hydrogens is 258 g/mol. The Labute approximate surface area is 116 Å². The first kappa shape index (κ1) is 13.9. The molecule has 2 N–H and O–H groups in total. The van der Waals surface area contributed by atoms with Gasteiger partial charge in [0.25, 0.3) is 5.69 Å². The lowest BCUT2D eigenvalue weighted by molar-refractivity contribution is -0.384. The second-order valence-corrected chi connectivity index (χ2v) is 4.59. The molecule has 0 radical (unpaired) electrons. The molecule has 0 saturated heterocycles. The van der Waals surface area contributed by atoms with Crippen molar-refractivity contribution in [1.82, 2.24) is 0 Å². The molecule has 1 aromatic heterocycles. The summed E-state index contributed by atoms with van der Waals surface area (Å²) in [5.41, 5.74) is 1.40. The number of aryl methyl sites for hydroxylation is 1. The number of anilines is 2. The quantitative estimate of drug-likeness (QED) is 0.642. The van der Waals surface area contributed by atoms with Gasteiger partial charge in [-0.2, -0.15) is 0 Å². The maximum absolute atomic E-state index is 10.9. The van der Waals surface area contributed by atoms with Gasteiger partial charge in [-0.25, -0.2) is 0 Å². The highest BCUT2D eigenvalue weighted by atomic mass is 16.6. The Kier molecular flexibility index (Phi) is 3.93. The van der Waals surface area contributed by atoms with Crippen LogP contribution in [0.5, 0.6) is 0 Å². The van der Waals surface area contributed by atoms with Gasteiger partial charge in [-0.1, -0.05) is 0 Å². The van der Waals surface area contributed by atoms with E-state index in [1.807, 2.05) is 32.0 Å². The molecule has 1 unspecified atom stereocenters. The number of nitro benzene ring substituents is 1. The van der Waals surface area contributed by atoms with Crippen molar-refractivity contribution in [2.45, 2.75) is 19.9 Å². The highest BCUT2D eigenvalue weighted by Crippen LogP contribution is 2.27. The molecule has 2 rings (SSSR count). The van der Waals surface area contributed by atoms with Gasteiger partial charge in [0.05, 0.1) is 11.0 Å². The van der Waals surface area contributed by atoms with Crippen LogP contribution in [0.1, 0.15) is 24.5 Å². The fraction of sp³-hybridized carbons (Fsp3) is 0.286. The molecule has 0 bridgehead atoms. The summed E-state index contributed by atoms with van der Waals surface area (Å²) in [7, 11) is 1.72. The highest BCUT2D eigenvalue weighted by Gasteiger charge is 2.13. The number of hydrogen-bond donors (Lipinski definition) is 2. The predicted octanol–water partition coefficient (Wildman–Crippen LogP) is 3.71. The summed E-state index contributed by atoms with van der Waals surface area (Å²) >= 11 is 0. The van der Waals surface area contributed by atoms with Crippen LogP contribution in [0.2, 0.25) is 0 Å². The first-order valence-corrected chi connectivity index (χ1v) is 6.29. The number of furan rings is 1. The van der Waals surface area contributed by atoms with E-state index in [0.717, 1.165) is 11.5 Å². The Morgan fingerprint density at radius 1 is 1.25 bits per heavy atom. The fourth-order valence-electron chi connectivity index (χ4n) is 1.95. The molecule has 0 aliphatic heterocycles. The Morgan fingerprint density at radius 2 is 1.95 bits per heavy atom. The third-order valence-electron chi connectivity index (χ3n) is 2.99. The molecule has 0 aliphatic carbocycles. The number of rotatable bonds is 5. The molecule has 0 saturated carbocycles. The van der Waals surface area contributed by atoms with Gasteiger partial charge in [-0.15, -0.1) is 0 Å². The minimum absolute atomic E-state index is 0.0437. The topological polar surface area (TPSA) is 80.3 Å². The lowest BCUT2D eigenvalue weighted by Gasteiger charge is -2.14. The van der Waals surface area contributed by atoms with E-state index >= 15 is 0 Å². The number of benzene rings is 1. The zero-order valence-corrected chi connectivity index (χ0v) is 11.6. The van der Waals surface area contributed by atoms with Crippen molar-refractivity contribution in [1.29, 1.82) is 0 Å². The smallest absolute Gasteiger partial charge is 0.273 e. The second-order valence-electron chi connectivity index (χ2n) is 4.59. The Balaban J connectivity index is 2.24. The summed E-state index contributed by atoms with van der Waals surface area (Å²) in [6, 6.07) is 8.53. The zero-order valence-electron chi connectivity index (χ0n) is 11.6. The van der Waals surface area contributed by atoms with Gasteiger partial charge in [0.2, 0.25) is 0 Å². The van der Waals surface area contributed by atoms with E-state index in [1.165, 1.54) is 12.1 Å². The number of non-ortho nitro benzene ring substituents is 1. The van der Waals surface area contributed by atoms with Gasteiger partial charge in [-0.05, 0) is 32.0 Å². The van der Waals surface area contributed by atoms with Crippen LogP contribution in [0.15, 0.2) is 34.7 Å². The van der Waals surface area contributed by atoms with Crippen molar-refractivity contribution in [2.24, 2.45) is 0 Å². The van der Waals surface area contributed by atoms with E-state index in [-0.39, 0.29) is 11.7 Å². The van der Waals surface area contributed by atoms with E-state index in [2.05, 4.69) is 10.6 Å². The van der Waals surface area contributed by atoms with Crippen molar-refractivity contribution in [2.75, 3.05) is 17.7 Å². The third kappa shape index (κ3) is 3.09. The number of nitrogens with zero attached hydrogens (tertiary/aromatic N) is 1. The lowest BCUT2D eigenvalue weighted by Crippen LogP contribution is -2.06. The molecule has 6 heteroatoms. The maximum Gasteiger partial charge on any atom is 0.273 e. The molecule has 2 aromatic rings. The fourth-order valence-corrected chi connectivity index (χ4v) is 1.95. The molecule has 0 aliphatic rings. The molecule has 1 aromatic carbocycles. The lowest BCUT2D eigenvalue weighted by atomic mass is 10.2. The van der Waals surface area contributed by atoms with Crippen molar-refractivity contribution in [3.63, 3.8) is 0 Å². The maximum atomic E-state index is 10.9. The molecule has 106 valence electrons. The van der Waals surface area contributed by atoms with Crippen molar-refractivity contribution < 1.29 is 9.34 Å². The van der Waals surface area contributed by atoms with Gasteiger partial charge >= 0.3 is 0 Å². The van der Waals surface area contributed by atoms with Crippen LogP contribution >= 0.6 is 0 Å². The first-order chi connectivity index (χ1) is 9.49. The van der Waals surface area contributed by atoms with Crippen LogP contribution in [0.25, 0.3) is 0 Å². The van der Waals surface area contributed by atoms with E-state index in [1.54, 1.807) is 7.05 Å². The normalized spacial score (nSPS) is 11.9. The summed E-state index contributed by atoms with van der Waals surface area (Å²) in [5, 5.41) is 17.0. The molecular formula is C14H17N3O3. The average molecular weight is 275 g/mol. The summed E-state index contributed by atoms with van der Waals surface area (Å²) < 4.78 is 5.54. The van der Waals surface area contributed by atoms with Gasteiger partial charge in [0, 0.05) is 30.6 Å². The van der Waals surface area contributed by atoms with E-state index in [9.17, 15) is 10.1 Å². The number of nitro groups is 1. The Morgan fingerprint density at radius 3 is 2.50 bits per heavy atom. The highest BCUT2D eigenvalue weighted by molar-refractivity contribution is 5.63. The summed E-state index contributed by atoms with van der Waals surface area (Å²) in [6.45, 7) is 3.82. The van der Waals surface area contributed by atoms with Gasteiger partial charge < -0.3 is 15.1 Å². The monoisotopic (exact) mass is 275 g/mol. The summed E-state index contributed by atoms with van der Waals surface area (Å²) in [6.07, 6.45) is 0.